The minimum Gasteiger partial charge on any atom is -0.480 e. The second-order valence-electron chi connectivity index (χ2n) is 4.01. The average Bonchev–Trinajstić information content (AvgIpc) is 2.81. The van der Waals surface area contributed by atoms with E-state index in [4.69, 9.17) is 10.8 Å². The quantitative estimate of drug-likeness (QED) is 0.739. The van der Waals surface area contributed by atoms with Crippen LogP contribution in [0.4, 0.5) is 0 Å². The van der Waals surface area contributed by atoms with Gasteiger partial charge in [0, 0.05) is 5.92 Å². The van der Waals surface area contributed by atoms with Crippen molar-refractivity contribution >= 4 is 5.97 Å². The van der Waals surface area contributed by atoms with Crippen molar-refractivity contribution in [2.24, 2.45) is 5.73 Å². The van der Waals surface area contributed by atoms with Gasteiger partial charge in [-0.15, -0.1) is 0 Å². The molecular formula is C11H13NO2. The highest BCUT2D eigenvalue weighted by molar-refractivity contribution is 5.84. The molecular weight excluding hydrogens is 178 g/mol. The molecule has 3 nitrogen and oxygen atoms in total. The molecule has 0 aromatic heterocycles. The summed E-state index contributed by atoms with van der Waals surface area (Å²) in [5, 5.41) is 8.87. The summed E-state index contributed by atoms with van der Waals surface area (Å²) in [5.74, 6) is -0.913. The lowest BCUT2D eigenvalue weighted by atomic mass is 10.1. The molecule has 74 valence electrons. The van der Waals surface area contributed by atoms with Crippen LogP contribution < -0.4 is 5.73 Å². The molecule has 0 heterocycles. The van der Waals surface area contributed by atoms with Crippen molar-refractivity contribution < 1.29 is 9.90 Å². The van der Waals surface area contributed by atoms with Crippen LogP contribution in [0.3, 0.4) is 0 Å². The number of carbonyl (C=O) groups is 1. The Labute approximate surface area is 82.5 Å². The van der Waals surface area contributed by atoms with Crippen LogP contribution in [0, 0.1) is 6.92 Å². The lowest BCUT2D eigenvalue weighted by Gasteiger charge is -2.05. The summed E-state index contributed by atoms with van der Waals surface area (Å²) >= 11 is 0. The minimum atomic E-state index is -1.02. The monoisotopic (exact) mass is 191 g/mol. The number of benzene rings is 1. The SMILES string of the molecule is Cc1ccc(C2CC2(N)C(=O)O)cc1. The molecule has 1 aliphatic rings. The number of carboxylic acids is 1. The summed E-state index contributed by atoms with van der Waals surface area (Å²) in [6, 6.07) is 7.88. The van der Waals surface area contributed by atoms with Gasteiger partial charge in [-0.25, -0.2) is 0 Å². The highest BCUT2D eigenvalue weighted by atomic mass is 16.4. The first-order valence-corrected chi connectivity index (χ1v) is 4.63. The van der Waals surface area contributed by atoms with Gasteiger partial charge in [0.1, 0.15) is 5.54 Å². The summed E-state index contributed by atoms with van der Waals surface area (Å²) in [5.41, 5.74) is 6.89. The molecule has 1 fully saturated rings. The van der Waals surface area contributed by atoms with Crippen molar-refractivity contribution in [2.45, 2.75) is 24.8 Å². The molecule has 0 spiro atoms. The first-order valence-electron chi connectivity index (χ1n) is 4.63. The van der Waals surface area contributed by atoms with Crippen molar-refractivity contribution in [3.8, 4) is 0 Å². The summed E-state index contributed by atoms with van der Waals surface area (Å²) in [4.78, 5) is 10.8. The number of hydrogen-bond acceptors (Lipinski definition) is 2. The molecule has 1 saturated carbocycles. The predicted octanol–water partition coefficient (Wildman–Crippen LogP) is 1.26. The summed E-state index contributed by atoms with van der Waals surface area (Å²) in [6.07, 6.45) is 0.547. The summed E-state index contributed by atoms with van der Waals surface area (Å²) in [6.45, 7) is 2.00. The third-order valence-corrected chi connectivity index (χ3v) is 2.88. The molecule has 1 aromatic rings. The van der Waals surface area contributed by atoms with Gasteiger partial charge in [0.05, 0.1) is 0 Å². The first-order chi connectivity index (χ1) is 6.54. The molecule has 0 bridgehead atoms. The van der Waals surface area contributed by atoms with Crippen LogP contribution in [0.2, 0.25) is 0 Å². The molecule has 1 aromatic carbocycles. The fourth-order valence-corrected chi connectivity index (χ4v) is 1.73. The zero-order valence-electron chi connectivity index (χ0n) is 8.03. The van der Waals surface area contributed by atoms with E-state index < -0.39 is 11.5 Å². The topological polar surface area (TPSA) is 63.3 Å². The molecule has 2 unspecified atom stereocenters. The van der Waals surface area contributed by atoms with Gasteiger partial charge in [-0.3, -0.25) is 4.79 Å². The third kappa shape index (κ3) is 1.30. The predicted molar refractivity (Wildman–Crippen MR) is 53.1 cm³/mol. The Kier molecular flexibility index (Phi) is 1.86. The van der Waals surface area contributed by atoms with E-state index in [0.717, 1.165) is 5.56 Å². The van der Waals surface area contributed by atoms with E-state index >= 15 is 0 Å². The fraction of sp³-hybridized carbons (Fsp3) is 0.364. The van der Waals surface area contributed by atoms with Gasteiger partial charge in [-0.05, 0) is 18.9 Å². The Morgan fingerprint density at radius 1 is 1.50 bits per heavy atom. The minimum absolute atomic E-state index is 0.0133. The van der Waals surface area contributed by atoms with Crippen molar-refractivity contribution in [3.05, 3.63) is 35.4 Å². The van der Waals surface area contributed by atoms with E-state index in [1.54, 1.807) is 0 Å². The summed E-state index contributed by atoms with van der Waals surface area (Å²) < 4.78 is 0. The zero-order valence-corrected chi connectivity index (χ0v) is 8.03. The zero-order chi connectivity index (χ0) is 10.3. The Bertz CT molecular complexity index is 371. The molecule has 2 rings (SSSR count). The van der Waals surface area contributed by atoms with E-state index in [0.29, 0.717) is 6.42 Å². The van der Waals surface area contributed by atoms with E-state index in [-0.39, 0.29) is 5.92 Å². The molecule has 0 radical (unpaired) electrons. The molecule has 3 heteroatoms. The van der Waals surface area contributed by atoms with E-state index in [1.165, 1.54) is 5.56 Å². The smallest absolute Gasteiger partial charge is 0.324 e. The van der Waals surface area contributed by atoms with Crippen LogP contribution >= 0.6 is 0 Å². The fourth-order valence-electron chi connectivity index (χ4n) is 1.73. The van der Waals surface area contributed by atoms with Crippen LogP contribution in [0.1, 0.15) is 23.5 Å². The van der Waals surface area contributed by atoms with Gasteiger partial charge in [0.2, 0.25) is 0 Å². The summed E-state index contributed by atoms with van der Waals surface area (Å²) in [7, 11) is 0. The number of aliphatic carboxylic acids is 1. The highest BCUT2D eigenvalue weighted by Crippen LogP contribution is 2.49. The van der Waals surface area contributed by atoms with Gasteiger partial charge in [-0.2, -0.15) is 0 Å². The molecule has 2 atom stereocenters. The van der Waals surface area contributed by atoms with Crippen LogP contribution in [0.25, 0.3) is 0 Å². The van der Waals surface area contributed by atoms with Gasteiger partial charge in [-0.1, -0.05) is 29.8 Å². The van der Waals surface area contributed by atoms with Crippen LogP contribution in [-0.4, -0.2) is 16.6 Å². The Morgan fingerprint density at radius 3 is 2.50 bits per heavy atom. The maximum absolute atomic E-state index is 10.8. The second-order valence-corrected chi connectivity index (χ2v) is 4.01. The van der Waals surface area contributed by atoms with Crippen molar-refractivity contribution in [2.75, 3.05) is 0 Å². The Morgan fingerprint density at radius 2 is 2.07 bits per heavy atom. The largest absolute Gasteiger partial charge is 0.480 e. The highest BCUT2D eigenvalue weighted by Gasteiger charge is 2.58. The molecule has 14 heavy (non-hydrogen) atoms. The molecule has 0 amide bonds. The maximum Gasteiger partial charge on any atom is 0.324 e. The van der Waals surface area contributed by atoms with E-state index in [9.17, 15) is 4.79 Å². The molecule has 1 aliphatic carbocycles. The van der Waals surface area contributed by atoms with Crippen molar-refractivity contribution in [1.29, 1.82) is 0 Å². The normalized spacial score (nSPS) is 30.0. The van der Waals surface area contributed by atoms with Crippen molar-refractivity contribution in [3.63, 3.8) is 0 Å². The average molecular weight is 191 g/mol. The van der Waals surface area contributed by atoms with Gasteiger partial charge in [0.25, 0.3) is 0 Å². The van der Waals surface area contributed by atoms with Gasteiger partial charge >= 0.3 is 5.97 Å². The van der Waals surface area contributed by atoms with Gasteiger partial charge in [0.15, 0.2) is 0 Å². The maximum atomic E-state index is 10.8. The lowest BCUT2D eigenvalue weighted by molar-refractivity contribution is -0.139. The number of aryl methyl sites for hydroxylation is 1. The molecule has 0 aliphatic heterocycles. The molecule has 3 N–H and O–H groups in total. The van der Waals surface area contributed by atoms with Crippen LogP contribution in [-0.2, 0) is 4.79 Å². The molecule has 0 saturated heterocycles. The first kappa shape index (κ1) is 9.21. The lowest BCUT2D eigenvalue weighted by Crippen LogP contribution is -2.34. The van der Waals surface area contributed by atoms with Crippen LogP contribution in [0.5, 0.6) is 0 Å². The Balaban J connectivity index is 2.21. The van der Waals surface area contributed by atoms with Crippen molar-refractivity contribution in [1.82, 2.24) is 0 Å². The van der Waals surface area contributed by atoms with E-state index in [1.807, 2.05) is 31.2 Å². The van der Waals surface area contributed by atoms with Gasteiger partial charge < -0.3 is 10.8 Å². The number of hydrogen-bond donors (Lipinski definition) is 2. The van der Waals surface area contributed by atoms with E-state index in [2.05, 4.69) is 0 Å². The number of rotatable bonds is 2. The third-order valence-electron chi connectivity index (χ3n) is 2.88. The Hall–Kier alpha value is -1.35. The van der Waals surface area contributed by atoms with Crippen LogP contribution in [0.15, 0.2) is 24.3 Å². The number of nitrogens with two attached hydrogens (primary N) is 1. The number of carboxylic acid groups (broad SMARTS) is 1. The standard InChI is InChI=1S/C11H13NO2/c1-7-2-4-8(5-3-7)9-6-11(9,12)10(13)14/h2-5,9H,6,12H2,1H3,(H,13,14). The second kappa shape index (κ2) is 2.82.